The van der Waals surface area contributed by atoms with Crippen molar-refractivity contribution in [3.05, 3.63) is 11.7 Å². The Morgan fingerprint density at radius 3 is 2.74 bits per heavy atom. The number of aromatic nitrogens is 2. The molecule has 1 heterocycles. The summed E-state index contributed by atoms with van der Waals surface area (Å²) in [6, 6.07) is 1.000. The first-order chi connectivity index (χ1) is 9.19. The van der Waals surface area contributed by atoms with Gasteiger partial charge in [0.25, 0.3) is 0 Å². The van der Waals surface area contributed by atoms with E-state index < -0.39 is 0 Å². The van der Waals surface area contributed by atoms with Crippen LogP contribution in [0.4, 0.5) is 0 Å². The molecule has 1 aromatic rings. The molecule has 0 radical (unpaired) electrons. The van der Waals surface area contributed by atoms with Gasteiger partial charge in [-0.05, 0) is 39.2 Å². The highest BCUT2D eigenvalue weighted by Gasteiger charge is 2.23. The molecule has 19 heavy (non-hydrogen) atoms. The van der Waals surface area contributed by atoms with Gasteiger partial charge in [-0.25, -0.2) is 0 Å². The van der Waals surface area contributed by atoms with Gasteiger partial charge in [0.1, 0.15) is 0 Å². The maximum atomic E-state index is 5.94. The molecular formula is C14H26N4O. The second-order valence-electron chi connectivity index (χ2n) is 5.69. The number of rotatable bonds is 6. The summed E-state index contributed by atoms with van der Waals surface area (Å²) in [5.74, 6) is 1.58. The van der Waals surface area contributed by atoms with Gasteiger partial charge in [0.15, 0.2) is 5.82 Å². The molecule has 0 saturated heterocycles. The highest BCUT2D eigenvalue weighted by atomic mass is 16.5. The van der Waals surface area contributed by atoms with Gasteiger partial charge in [0.05, 0.1) is 6.54 Å². The molecule has 1 aliphatic rings. The predicted molar refractivity (Wildman–Crippen MR) is 74.6 cm³/mol. The van der Waals surface area contributed by atoms with Crippen LogP contribution in [0.15, 0.2) is 4.52 Å². The molecule has 1 aromatic heterocycles. The predicted octanol–water partition coefficient (Wildman–Crippen LogP) is 2.11. The maximum Gasteiger partial charge on any atom is 0.240 e. The van der Waals surface area contributed by atoms with Gasteiger partial charge in [-0.15, -0.1) is 0 Å². The van der Waals surface area contributed by atoms with E-state index in [1.807, 2.05) is 0 Å². The number of hydrogen-bond acceptors (Lipinski definition) is 5. The van der Waals surface area contributed by atoms with E-state index in [-0.39, 0.29) is 0 Å². The molecule has 0 unspecified atom stereocenters. The topological polar surface area (TPSA) is 68.2 Å². The van der Waals surface area contributed by atoms with Gasteiger partial charge < -0.3 is 10.3 Å². The van der Waals surface area contributed by atoms with Gasteiger partial charge in [0.2, 0.25) is 5.89 Å². The lowest BCUT2D eigenvalue weighted by Crippen LogP contribution is -2.38. The molecule has 1 saturated carbocycles. The lowest BCUT2D eigenvalue weighted by molar-refractivity contribution is 0.158. The molecule has 0 bridgehead atoms. The minimum absolute atomic E-state index is 0.397. The van der Waals surface area contributed by atoms with Gasteiger partial charge in [-0.2, -0.15) is 4.98 Å². The summed E-state index contributed by atoms with van der Waals surface area (Å²) in [6.45, 7) is 2.92. The van der Waals surface area contributed by atoms with Crippen LogP contribution in [0.2, 0.25) is 0 Å². The van der Waals surface area contributed by atoms with Crippen molar-refractivity contribution in [3.8, 4) is 0 Å². The molecule has 108 valence electrons. The smallest absolute Gasteiger partial charge is 0.240 e. The minimum atomic E-state index is 0.397. The lowest BCUT2D eigenvalue weighted by Gasteiger charge is -2.32. The van der Waals surface area contributed by atoms with Crippen LogP contribution in [0.3, 0.4) is 0 Å². The van der Waals surface area contributed by atoms with Crippen LogP contribution in [0.1, 0.15) is 57.2 Å². The Labute approximate surface area is 115 Å². The Hall–Kier alpha value is -0.940. The molecule has 1 aliphatic carbocycles. The third-order valence-electron chi connectivity index (χ3n) is 4.01. The average Bonchev–Trinajstić information content (AvgIpc) is 2.84. The summed E-state index contributed by atoms with van der Waals surface area (Å²) in [7, 11) is 2.14. The normalized spacial score (nSPS) is 24.0. The summed E-state index contributed by atoms with van der Waals surface area (Å²) in [6.07, 6.45) is 7.80. The molecule has 2 rings (SSSR count). The Morgan fingerprint density at radius 2 is 2.05 bits per heavy atom. The maximum absolute atomic E-state index is 5.94. The molecule has 0 atom stereocenters. The Morgan fingerprint density at radius 1 is 1.32 bits per heavy atom. The highest BCUT2D eigenvalue weighted by Crippen LogP contribution is 2.22. The quantitative estimate of drug-likeness (QED) is 0.854. The number of aryl methyl sites for hydroxylation is 1. The second kappa shape index (κ2) is 7.01. The molecular weight excluding hydrogens is 240 g/mol. The average molecular weight is 266 g/mol. The third-order valence-corrected chi connectivity index (χ3v) is 4.01. The number of hydrogen-bond donors (Lipinski definition) is 1. The van der Waals surface area contributed by atoms with Crippen molar-refractivity contribution in [3.63, 3.8) is 0 Å². The summed E-state index contributed by atoms with van der Waals surface area (Å²) in [5, 5.41) is 4.03. The second-order valence-corrected chi connectivity index (χ2v) is 5.69. The fourth-order valence-corrected chi connectivity index (χ4v) is 2.68. The third kappa shape index (κ3) is 4.28. The van der Waals surface area contributed by atoms with Crippen molar-refractivity contribution in [2.75, 3.05) is 7.05 Å². The van der Waals surface area contributed by atoms with Crippen LogP contribution in [0, 0.1) is 0 Å². The van der Waals surface area contributed by atoms with Crippen molar-refractivity contribution in [2.24, 2.45) is 5.73 Å². The Bertz CT molecular complexity index is 371. The van der Waals surface area contributed by atoms with E-state index in [2.05, 4.69) is 29.0 Å². The number of nitrogens with two attached hydrogens (primary N) is 1. The molecule has 0 spiro atoms. The molecule has 2 N–H and O–H groups in total. The molecule has 0 amide bonds. The van der Waals surface area contributed by atoms with Crippen LogP contribution in [0.5, 0.6) is 0 Å². The van der Waals surface area contributed by atoms with Crippen molar-refractivity contribution in [1.82, 2.24) is 15.0 Å². The largest absolute Gasteiger partial charge is 0.338 e. The zero-order valence-electron chi connectivity index (χ0n) is 12.1. The van der Waals surface area contributed by atoms with Gasteiger partial charge in [-0.1, -0.05) is 18.5 Å². The zero-order chi connectivity index (χ0) is 13.7. The zero-order valence-corrected chi connectivity index (χ0v) is 12.1. The standard InChI is InChI=1S/C14H26N4O/c1-3-4-5-13-16-14(19-17-13)10-18(2)12-8-6-11(15)7-9-12/h11-12H,3-10,15H2,1-2H3. The summed E-state index contributed by atoms with van der Waals surface area (Å²) < 4.78 is 5.32. The molecule has 1 fully saturated rings. The lowest BCUT2D eigenvalue weighted by atomic mass is 9.91. The highest BCUT2D eigenvalue weighted by molar-refractivity contribution is 4.88. The minimum Gasteiger partial charge on any atom is -0.338 e. The van der Waals surface area contributed by atoms with Crippen molar-refractivity contribution in [2.45, 2.75) is 70.5 Å². The van der Waals surface area contributed by atoms with Crippen LogP contribution < -0.4 is 5.73 Å². The van der Waals surface area contributed by atoms with Crippen molar-refractivity contribution < 1.29 is 4.52 Å². The molecule has 5 nitrogen and oxygen atoms in total. The Kier molecular flexibility index (Phi) is 5.34. The van der Waals surface area contributed by atoms with Gasteiger partial charge in [0, 0.05) is 18.5 Å². The fraction of sp³-hybridized carbons (Fsp3) is 0.857. The van der Waals surface area contributed by atoms with Crippen LogP contribution in [0.25, 0.3) is 0 Å². The first kappa shape index (κ1) is 14.5. The molecule has 5 heteroatoms. The van der Waals surface area contributed by atoms with E-state index in [0.717, 1.165) is 50.4 Å². The first-order valence-corrected chi connectivity index (χ1v) is 7.46. The fourth-order valence-electron chi connectivity index (χ4n) is 2.68. The SMILES string of the molecule is CCCCc1noc(CN(C)C2CCC(N)CC2)n1. The summed E-state index contributed by atoms with van der Waals surface area (Å²) >= 11 is 0. The van der Waals surface area contributed by atoms with Crippen molar-refractivity contribution >= 4 is 0 Å². The van der Waals surface area contributed by atoms with E-state index in [0.29, 0.717) is 12.1 Å². The summed E-state index contributed by atoms with van der Waals surface area (Å²) in [5.41, 5.74) is 5.94. The molecule has 0 aromatic carbocycles. The van der Waals surface area contributed by atoms with Gasteiger partial charge in [-0.3, -0.25) is 4.90 Å². The Balaban J connectivity index is 1.81. The van der Waals surface area contributed by atoms with Crippen LogP contribution >= 0.6 is 0 Å². The number of unbranched alkanes of at least 4 members (excludes halogenated alkanes) is 1. The van der Waals surface area contributed by atoms with E-state index in [9.17, 15) is 0 Å². The van der Waals surface area contributed by atoms with Crippen LogP contribution in [-0.2, 0) is 13.0 Å². The van der Waals surface area contributed by atoms with E-state index in [1.54, 1.807) is 0 Å². The van der Waals surface area contributed by atoms with Gasteiger partial charge >= 0.3 is 0 Å². The monoisotopic (exact) mass is 266 g/mol. The summed E-state index contributed by atoms with van der Waals surface area (Å²) in [4.78, 5) is 6.78. The van der Waals surface area contributed by atoms with Crippen LogP contribution in [-0.4, -0.2) is 34.2 Å². The van der Waals surface area contributed by atoms with Crippen molar-refractivity contribution in [1.29, 1.82) is 0 Å². The van der Waals surface area contributed by atoms with E-state index in [4.69, 9.17) is 10.3 Å². The molecule has 0 aliphatic heterocycles. The van der Waals surface area contributed by atoms with E-state index >= 15 is 0 Å². The first-order valence-electron chi connectivity index (χ1n) is 7.46. The van der Waals surface area contributed by atoms with E-state index in [1.165, 1.54) is 12.8 Å². The number of nitrogens with zero attached hydrogens (tertiary/aromatic N) is 3.